The molecule has 2 aromatic heterocycles. The Morgan fingerprint density at radius 3 is 2.40 bits per heavy atom. The first-order chi connectivity index (χ1) is 11.9. The van der Waals surface area contributed by atoms with Crippen LogP contribution in [0.25, 0.3) is 0 Å². The second kappa shape index (κ2) is 6.67. The van der Waals surface area contributed by atoms with Crippen molar-refractivity contribution in [2.45, 2.75) is 18.7 Å². The second-order valence-corrected chi connectivity index (χ2v) is 7.39. The van der Waals surface area contributed by atoms with Gasteiger partial charge in [-0.3, -0.25) is 14.6 Å². The number of carbonyl (C=O) groups is 1. The van der Waals surface area contributed by atoms with Crippen molar-refractivity contribution in [3.8, 4) is 0 Å². The summed E-state index contributed by atoms with van der Waals surface area (Å²) < 4.78 is 27.4. The molecule has 0 unspecified atom stereocenters. The van der Waals surface area contributed by atoms with Crippen LogP contribution in [0.3, 0.4) is 0 Å². The third kappa shape index (κ3) is 3.55. The number of carbonyl (C=O) groups excluding carboxylic acids is 1. The maximum atomic E-state index is 12.5. The number of nitrogens with one attached hydrogen (secondary N) is 2. The number of aromatic amines is 1. The van der Waals surface area contributed by atoms with Gasteiger partial charge >= 0.3 is 0 Å². The van der Waals surface area contributed by atoms with E-state index in [2.05, 4.69) is 25.1 Å². The van der Waals surface area contributed by atoms with E-state index in [-0.39, 0.29) is 10.7 Å². The summed E-state index contributed by atoms with van der Waals surface area (Å²) in [6, 6.07) is 3.27. The first-order valence-electron chi connectivity index (χ1n) is 7.73. The number of anilines is 2. The van der Waals surface area contributed by atoms with Gasteiger partial charge in [-0.1, -0.05) is 0 Å². The third-order valence-electron chi connectivity index (χ3n) is 4.01. The van der Waals surface area contributed by atoms with E-state index in [0.717, 1.165) is 6.41 Å². The fourth-order valence-corrected chi connectivity index (χ4v) is 4.10. The summed E-state index contributed by atoms with van der Waals surface area (Å²) in [6.45, 7) is 5.82. The molecule has 0 bridgehead atoms. The molecular formula is C14H19N7O3S. The van der Waals surface area contributed by atoms with Gasteiger partial charge in [0.1, 0.15) is 4.90 Å². The van der Waals surface area contributed by atoms with Crippen molar-refractivity contribution in [3.05, 3.63) is 23.5 Å². The van der Waals surface area contributed by atoms with Crippen LogP contribution in [-0.4, -0.2) is 66.3 Å². The van der Waals surface area contributed by atoms with Crippen LogP contribution in [-0.2, 0) is 14.8 Å². The first-order valence-corrected chi connectivity index (χ1v) is 9.21. The molecule has 3 rings (SSSR count). The minimum absolute atomic E-state index is 0.114. The largest absolute Gasteiger partial charge is 0.352 e. The van der Waals surface area contributed by atoms with E-state index in [1.54, 1.807) is 30.9 Å². The number of piperazine rings is 1. The molecule has 134 valence electrons. The predicted molar refractivity (Wildman–Crippen MR) is 90.8 cm³/mol. The van der Waals surface area contributed by atoms with Crippen molar-refractivity contribution in [1.82, 2.24) is 25.3 Å². The first kappa shape index (κ1) is 17.1. The topological polar surface area (TPSA) is 124 Å². The average molecular weight is 365 g/mol. The molecule has 1 fully saturated rings. The van der Waals surface area contributed by atoms with Crippen LogP contribution >= 0.6 is 0 Å². The van der Waals surface area contributed by atoms with Crippen molar-refractivity contribution >= 4 is 28.1 Å². The molecule has 10 nitrogen and oxygen atoms in total. The Hall–Kier alpha value is -2.69. The quantitative estimate of drug-likeness (QED) is 0.709. The van der Waals surface area contributed by atoms with Crippen molar-refractivity contribution < 1.29 is 13.2 Å². The molecule has 1 saturated heterocycles. The van der Waals surface area contributed by atoms with E-state index >= 15 is 0 Å². The van der Waals surface area contributed by atoms with E-state index in [1.165, 1.54) is 0 Å². The highest BCUT2D eigenvalue weighted by molar-refractivity contribution is 7.92. The number of amides is 1. The average Bonchev–Trinajstić information content (AvgIpc) is 2.95. The lowest BCUT2D eigenvalue weighted by Crippen LogP contribution is -2.46. The highest BCUT2D eigenvalue weighted by atomic mass is 32.2. The molecule has 1 aliphatic rings. The van der Waals surface area contributed by atoms with Crippen LogP contribution < -0.4 is 9.62 Å². The Morgan fingerprint density at radius 1 is 1.16 bits per heavy atom. The molecular weight excluding hydrogens is 346 g/mol. The Morgan fingerprint density at radius 2 is 1.88 bits per heavy atom. The summed E-state index contributed by atoms with van der Waals surface area (Å²) in [4.78, 5) is 14.5. The lowest BCUT2D eigenvalue weighted by molar-refractivity contribution is -0.118. The summed E-state index contributed by atoms with van der Waals surface area (Å²) in [5.41, 5.74) is 0.852. The number of aromatic nitrogens is 4. The van der Waals surface area contributed by atoms with Gasteiger partial charge in [-0.05, 0) is 26.0 Å². The fourth-order valence-electron chi connectivity index (χ4n) is 2.73. The summed E-state index contributed by atoms with van der Waals surface area (Å²) in [5.74, 6) is 0.777. The van der Waals surface area contributed by atoms with Gasteiger partial charge in [0.25, 0.3) is 10.0 Å². The standard InChI is InChI=1S/C14H19N7O3S/c1-10-14(11(2)16-15-10)25(23,24)19-12-3-4-13(18-17-12)21-7-5-20(9-22)6-8-21/h3-4,9H,5-8H2,1-2H3,(H,15,16)(H,17,19). The molecule has 0 aliphatic carbocycles. The van der Waals surface area contributed by atoms with E-state index in [1.807, 2.05) is 4.90 Å². The molecule has 0 saturated carbocycles. The molecule has 1 aliphatic heterocycles. The highest BCUT2D eigenvalue weighted by Gasteiger charge is 2.23. The minimum atomic E-state index is -3.79. The molecule has 2 aromatic rings. The van der Waals surface area contributed by atoms with Crippen LogP contribution in [0, 0.1) is 13.8 Å². The fraction of sp³-hybridized carbons (Fsp3) is 0.429. The van der Waals surface area contributed by atoms with Gasteiger partial charge in [0.15, 0.2) is 11.6 Å². The summed E-state index contributed by atoms with van der Waals surface area (Å²) in [7, 11) is -3.79. The summed E-state index contributed by atoms with van der Waals surface area (Å²) in [5, 5.41) is 14.6. The van der Waals surface area contributed by atoms with Crippen molar-refractivity contribution in [2.75, 3.05) is 35.8 Å². The molecule has 11 heteroatoms. The van der Waals surface area contributed by atoms with Gasteiger partial charge < -0.3 is 9.80 Å². The number of nitrogens with zero attached hydrogens (tertiary/aromatic N) is 5. The molecule has 25 heavy (non-hydrogen) atoms. The zero-order valence-electron chi connectivity index (χ0n) is 13.9. The summed E-state index contributed by atoms with van der Waals surface area (Å²) in [6.07, 6.45) is 0.834. The van der Waals surface area contributed by atoms with Crippen molar-refractivity contribution in [1.29, 1.82) is 0 Å². The van der Waals surface area contributed by atoms with E-state index < -0.39 is 10.0 Å². The zero-order valence-corrected chi connectivity index (χ0v) is 14.7. The highest BCUT2D eigenvalue weighted by Crippen LogP contribution is 2.20. The van der Waals surface area contributed by atoms with Crippen LogP contribution in [0.2, 0.25) is 0 Å². The van der Waals surface area contributed by atoms with Gasteiger partial charge in [0.05, 0.1) is 11.4 Å². The predicted octanol–water partition coefficient (Wildman–Crippen LogP) is -0.104. The van der Waals surface area contributed by atoms with Crippen molar-refractivity contribution in [2.24, 2.45) is 0 Å². The number of hydrogen-bond donors (Lipinski definition) is 2. The third-order valence-corrected chi connectivity index (χ3v) is 5.62. The van der Waals surface area contributed by atoms with E-state index in [9.17, 15) is 13.2 Å². The molecule has 1 amide bonds. The van der Waals surface area contributed by atoms with Gasteiger partial charge in [-0.2, -0.15) is 5.10 Å². The van der Waals surface area contributed by atoms with Crippen LogP contribution in [0.15, 0.2) is 17.0 Å². The number of H-pyrrole nitrogens is 1. The molecule has 0 aromatic carbocycles. The zero-order chi connectivity index (χ0) is 18.0. The van der Waals surface area contributed by atoms with E-state index in [4.69, 9.17) is 0 Å². The maximum Gasteiger partial charge on any atom is 0.266 e. The second-order valence-electron chi connectivity index (χ2n) is 5.77. The summed E-state index contributed by atoms with van der Waals surface area (Å²) >= 11 is 0. The van der Waals surface area contributed by atoms with Crippen LogP contribution in [0.4, 0.5) is 11.6 Å². The van der Waals surface area contributed by atoms with Crippen molar-refractivity contribution in [3.63, 3.8) is 0 Å². The molecule has 0 atom stereocenters. The number of rotatable bonds is 5. The Labute approximate surface area is 145 Å². The minimum Gasteiger partial charge on any atom is -0.352 e. The van der Waals surface area contributed by atoms with Gasteiger partial charge in [-0.25, -0.2) is 8.42 Å². The van der Waals surface area contributed by atoms with Gasteiger partial charge in [0, 0.05) is 26.2 Å². The number of sulfonamides is 1. The van der Waals surface area contributed by atoms with Crippen LogP contribution in [0.1, 0.15) is 11.4 Å². The van der Waals surface area contributed by atoms with Gasteiger partial charge in [-0.15, -0.1) is 10.2 Å². The lowest BCUT2D eigenvalue weighted by Gasteiger charge is -2.32. The monoisotopic (exact) mass is 365 g/mol. The lowest BCUT2D eigenvalue weighted by atomic mass is 10.3. The molecule has 0 spiro atoms. The molecule has 0 radical (unpaired) electrons. The number of aryl methyl sites for hydroxylation is 2. The Bertz CT molecular complexity index is 836. The smallest absolute Gasteiger partial charge is 0.266 e. The maximum absolute atomic E-state index is 12.5. The SMILES string of the molecule is Cc1n[nH]c(C)c1S(=O)(=O)Nc1ccc(N2CCN(C=O)CC2)nn1. The molecule has 3 heterocycles. The van der Waals surface area contributed by atoms with Crippen LogP contribution in [0.5, 0.6) is 0 Å². The Kier molecular flexibility index (Phi) is 4.57. The number of hydrogen-bond acceptors (Lipinski definition) is 7. The van der Waals surface area contributed by atoms with Gasteiger partial charge in [0.2, 0.25) is 6.41 Å². The normalized spacial score (nSPS) is 15.3. The Balaban J connectivity index is 1.72. The van der Waals surface area contributed by atoms with E-state index in [0.29, 0.717) is 43.4 Å². The molecule has 2 N–H and O–H groups in total.